The van der Waals surface area contributed by atoms with Gasteiger partial charge in [0.25, 0.3) is 0 Å². The van der Waals surface area contributed by atoms with Gasteiger partial charge in [0.1, 0.15) is 6.61 Å². The summed E-state index contributed by atoms with van der Waals surface area (Å²) in [7, 11) is 1.95. The van der Waals surface area contributed by atoms with Crippen molar-refractivity contribution in [3.8, 4) is 0 Å². The number of rotatable bonds is 7. The third-order valence-electron chi connectivity index (χ3n) is 6.18. The van der Waals surface area contributed by atoms with Crippen LogP contribution in [0, 0.1) is 5.41 Å². The molecular weight excluding hydrogens is 579 g/mol. The molecule has 1 N–H and O–H groups in total. The molecule has 6 heteroatoms. The summed E-state index contributed by atoms with van der Waals surface area (Å²) in [6, 6.07) is 25.9. The van der Waals surface area contributed by atoms with Crippen LogP contribution < -0.4 is 9.78 Å². The second-order valence-corrected chi connectivity index (χ2v) is 17.1. The minimum Gasteiger partial charge on any atom is -0.475 e. The van der Waals surface area contributed by atoms with Gasteiger partial charge in [-0.05, 0) is 30.9 Å². The van der Waals surface area contributed by atoms with Crippen LogP contribution in [0.2, 0.25) is 0 Å². The first-order valence-corrected chi connectivity index (χ1v) is 17.7. The van der Waals surface area contributed by atoms with Crippen molar-refractivity contribution in [2.24, 2.45) is 10.4 Å². The minimum absolute atomic E-state index is 0.0231. The Kier molecular flexibility index (Phi) is 11.1. The van der Waals surface area contributed by atoms with Crippen molar-refractivity contribution in [3.05, 3.63) is 95.6 Å². The topological polar surface area (TPSA) is 50.7 Å². The van der Waals surface area contributed by atoms with Gasteiger partial charge >= 0.3 is 149 Å². The normalized spacial score (nSPS) is 14.4. The number of hydrogen-bond acceptors (Lipinski definition) is 4. The third-order valence-corrected chi connectivity index (χ3v) is 10.5. The summed E-state index contributed by atoms with van der Waals surface area (Å²) in [6.45, 7) is 18.3. The van der Waals surface area contributed by atoms with Crippen LogP contribution in [-0.4, -0.2) is 43.5 Å². The monoisotopic (exact) mass is 624 g/mol. The standard InChI is InChI=1S/C19H23NOSSe.C15H21NO/c1-19(2,3)13-14-22-23-17-12-8-7-11-16(17)18(21)20-15-9-5-4-6-10-15;1-14(2,3)12-9-7-6-8-11(12)13-16-15(4,5)10-17-13/h4-12H,13-14H2,1-3H3,(H,20,21);6-9H,10H2,1-5H3. The maximum absolute atomic E-state index is 12.5. The van der Waals surface area contributed by atoms with Crippen LogP contribution in [0.15, 0.2) is 83.9 Å². The molecule has 0 atom stereocenters. The Balaban J connectivity index is 0.000000230. The number of hydrogen-bond donors (Lipinski definition) is 1. The van der Waals surface area contributed by atoms with E-state index in [0.717, 1.165) is 32.9 Å². The van der Waals surface area contributed by atoms with Gasteiger partial charge in [0.05, 0.1) is 5.54 Å². The predicted molar refractivity (Wildman–Crippen MR) is 174 cm³/mol. The zero-order chi connectivity index (χ0) is 29.4. The van der Waals surface area contributed by atoms with Gasteiger partial charge in [0, 0.05) is 5.56 Å². The first-order valence-electron chi connectivity index (χ1n) is 13.8. The molecule has 0 saturated carbocycles. The summed E-state index contributed by atoms with van der Waals surface area (Å²) in [4.78, 5) is 17.2. The van der Waals surface area contributed by atoms with Crippen molar-refractivity contribution in [2.45, 2.75) is 72.8 Å². The Morgan fingerprint density at radius 1 is 0.925 bits per heavy atom. The number of benzene rings is 3. The number of ether oxygens (including phenoxy) is 1. The molecule has 0 spiro atoms. The Hall–Kier alpha value is -2.53. The third kappa shape index (κ3) is 10.1. The molecular formula is C34H44N2O2SSe. The smallest absolute Gasteiger partial charge is 0.217 e. The first-order chi connectivity index (χ1) is 18.8. The van der Waals surface area contributed by atoms with E-state index < -0.39 is 0 Å². The average Bonchev–Trinajstić information content (AvgIpc) is 3.26. The Bertz CT molecular complexity index is 1290. The number of nitrogens with one attached hydrogen (secondary N) is 1. The Labute approximate surface area is 251 Å². The summed E-state index contributed by atoms with van der Waals surface area (Å²) in [6.07, 6.45) is 1.19. The fourth-order valence-corrected chi connectivity index (χ4v) is 8.26. The molecule has 0 unspecified atom stereocenters. The van der Waals surface area contributed by atoms with E-state index in [1.165, 1.54) is 12.0 Å². The summed E-state index contributed by atoms with van der Waals surface area (Å²) >= 11 is 0.260. The second kappa shape index (κ2) is 13.9. The first kappa shape index (κ1) is 32.0. The molecule has 0 fully saturated rings. The molecule has 0 radical (unpaired) electrons. The van der Waals surface area contributed by atoms with Crippen LogP contribution >= 0.6 is 10.2 Å². The fourth-order valence-electron chi connectivity index (χ4n) is 3.95. The molecule has 0 aromatic heterocycles. The molecule has 0 bridgehead atoms. The number of carbonyl (C=O) groups is 1. The van der Waals surface area contributed by atoms with Crippen molar-refractivity contribution in [2.75, 3.05) is 17.7 Å². The fraction of sp³-hybridized carbons (Fsp3) is 0.412. The molecule has 214 valence electrons. The van der Waals surface area contributed by atoms with Crippen LogP contribution in [0.25, 0.3) is 0 Å². The molecule has 3 aromatic carbocycles. The quantitative estimate of drug-likeness (QED) is 0.215. The Morgan fingerprint density at radius 2 is 1.55 bits per heavy atom. The van der Waals surface area contributed by atoms with Gasteiger partial charge in [-0.1, -0.05) is 39.0 Å². The molecule has 1 aliphatic heterocycles. The number of carbonyl (C=O) groups excluding carboxylic acids is 1. The average molecular weight is 624 g/mol. The van der Waals surface area contributed by atoms with Crippen molar-refractivity contribution >= 4 is 46.0 Å². The van der Waals surface area contributed by atoms with Gasteiger partial charge in [0.2, 0.25) is 5.90 Å². The van der Waals surface area contributed by atoms with Gasteiger partial charge < -0.3 is 4.74 Å². The van der Waals surface area contributed by atoms with E-state index >= 15 is 0 Å². The molecule has 1 heterocycles. The number of para-hydroxylation sites is 1. The second-order valence-electron chi connectivity index (χ2n) is 12.8. The van der Waals surface area contributed by atoms with E-state index in [9.17, 15) is 4.79 Å². The molecule has 40 heavy (non-hydrogen) atoms. The SMILES string of the molecule is CC(C)(C)CCS[Se]c1ccccc1C(=O)Nc1ccccc1.CC1(C)COC(c2ccccc2C(C)(C)C)=N1. The summed E-state index contributed by atoms with van der Waals surface area (Å²) in [5, 5.41) is 2.98. The zero-order valence-corrected chi connectivity index (χ0v) is 27.7. The van der Waals surface area contributed by atoms with Gasteiger partial charge in [-0.2, -0.15) is 0 Å². The maximum atomic E-state index is 12.5. The predicted octanol–water partition coefficient (Wildman–Crippen LogP) is 7.89. The molecule has 4 nitrogen and oxygen atoms in total. The van der Waals surface area contributed by atoms with Crippen LogP contribution in [0.4, 0.5) is 5.69 Å². The van der Waals surface area contributed by atoms with Gasteiger partial charge in [0.15, 0.2) is 0 Å². The molecule has 3 aromatic rings. The largest absolute Gasteiger partial charge is 0.475 e. The molecule has 4 rings (SSSR count). The van der Waals surface area contributed by atoms with Crippen LogP contribution in [0.5, 0.6) is 0 Å². The van der Waals surface area contributed by atoms with Crippen molar-refractivity contribution in [1.29, 1.82) is 0 Å². The number of aliphatic imine (C=N–C) groups is 1. The summed E-state index contributed by atoms with van der Waals surface area (Å²) < 4.78 is 6.90. The van der Waals surface area contributed by atoms with Crippen molar-refractivity contribution in [3.63, 3.8) is 0 Å². The van der Waals surface area contributed by atoms with Gasteiger partial charge in [-0.3, -0.25) is 0 Å². The van der Waals surface area contributed by atoms with E-state index in [0.29, 0.717) is 12.0 Å². The van der Waals surface area contributed by atoms with E-state index in [1.807, 2.05) is 64.8 Å². The summed E-state index contributed by atoms with van der Waals surface area (Å²) in [5.41, 5.74) is 4.42. The van der Waals surface area contributed by atoms with Crippen molar-refractivity contribution < 1.29 is 9.53 Å². The summed E-state index contributed by atoms with van der Waals surface area (Å²) in [5.74, 6) is 1.91. The molecule has 1 aliphatic rings. The van der Waals surface area contributed by atoms with Gasteiger partial charge in [-0.25, -0.2) is 4.99 Å². The maximum Gasteiger partial charge on any atom is 0.217 e. The van der Waals surface area contributed by atoms with E-state index in [2.05, 4.69) is 90.0 Å². The van der Waals surface area contributed by atoms with Crippen molar-refractivity contribution in [1.82, 2.24) is 0 Å². The van der Waals surface area contributed by atoms with E-state index in [4.69, 9.17) is 4.74 Å². The molecule has 0 aliphatic carbocycles. The Morgan fingerprint density at radius 3 is 2.17 bits per heavy atom. The molecule has 0 saturated heterocycles. The van der Waals surface area contributed by atoms with E-state index in [1.54, 1.807) is 0 Å². The minimum atomic E-state index is -0.0969. The van der Waals surface area contributed by atoms with Crippen LogP contribution in [0.1, 0.15) is 83.3 Å². The zero-order valence-electron chi connectivity index (χ0n) is 25.2. The van der Waals surface area contributed by atoms with Gasteiger partial charge in [-0.15, -0.1) is 0 Å². The van der Waals surface area contributed by atoms with E-state index in [-0.39, 0.29) is 30.7 Å². The number of nitrogens with zero attached hydrogens (tertiary/aromatic N) is 1. The number of amides is 1. The number of anilines is 1. The van der Waals surface area contributed by atoms with Crippen LogP contribution in [0.3, 0.4) is 0 Å². The molecule has 1 amide bonds. The van der Waals surface area contributed by atoms with Crippen LogP contribution in [-0.2, 0) is 10.2 Å².